The topological polar surface area (TPSA) is 127 Å². The number of halogens is 2. The number of thiazole rings is 1. The van der Waals surface area contributed by atoms with Crippen molar-refractivity contribution in [3.63, 3.8) is 0 Å². The molecule has 5 aromatic rings. The standard InChI is InChI=1S/C25H18F2N4O4S2/c26-18-5-3-6-19(27)21(18)22(32)23-24(28)31-25(36-23)30-15-8-10-17(11-9-15)37(33,34)29-13-16-12-14-4-1-2-7-20(14)35-16/h1-12,29H,13,28H2,(H,30,31). The normalized spacial score (nSPS) is 11.6. The molecule has 0 aliphatic heterocycles. The van der Waals surface area contributed by atoms with Crippen LogP contribution in [0.1, 0.15) is 21.0 Å². The number of nitrogens with one attached hydrogen (secondary N) is 2. The Bertz CT molecular complexity index is 1680. The quantitative estimate of drug-likeness (QED) is 0.231. The van der Waals surface area contributed by atoms with E-state index in [0.717, 1.165) is 34.9 Å². The zero-order chi connectivity index (χ0) is 26.2. The molecule has 0 unspecified atom stereocenters. The molecule has 4 N–H and O–H groups in total. The van der Waals surface area contributed by atoms with Gasteiger partial charge in [-0.2, -0.15) is 0 Å². The average molecular weight is 541 g/mol. The summed E-state index contributed by atoms with van der Waals surface area (Å²) in [6, 6.07) is 18.0. The maximum absolute atomic E-state index is 14.0. The Morgan fingerprint density at radius 2 is 1.70 bits per heavy atom. The Morgan fingerprint density at radius 1 is 1.00 bits per heavy atom. The summed E-state index contributed by atoms with van der Waals surface area (Å²) >= 11 is 0.821. The SMILES string of the molecule is Nc1nc(Nc2ccc(S(=O)(=O)NCc3cc4ccccc4o3)cc2)sc1C(=O)c1c(F)cccc1F. The molecule has 0 spiro atoms. The number of para-hydroxylation sites is 1. The second-order valence-electron chi connectivity index (χ2n) is 7.88. The molecule has 37 heavy (non-hydrogen) atoms. The van der Waals surface area contributed by atoms with Gasteiger partial charge in [0.1, 0.15) is 33.7 Å². The second kappa shape index (κ2) is 9.73. The van der Waals surface area contributed by atoms with E-state index in [1.807, 2.05) is 18.2 Å². The van der Waals surface area contributed by atoms with Gasteiger partial charge in [-0.05, 0) is 48.5 Å². The number of ketones is 1. The summed E-state index contributed by atoms with van der Waals surface area (Å²) in [7, 11) is -3.82. The van der Waals surface area contributed by atoms with Crippen LogP contribution in [0.2, 0.25) is 0 Å². The number of carbonyl (C=O) groups excluding carboxylic acids is 1. The Morgan fingerprint density at radius 3 is 2.41 bits per heavy atom. The van der Waals surface area contributed by atoms with Crippen LogP contribution in [0.15, 0.2) is 82.1 Å². The Labute approximate surface area is 213 Å². The molecule has 0 amide bonds. The molecule has 5 rings (SSSR count). The molecular weight excluding hydrogens is 522 g/mol. The lowest BCUT2D eigenvalue weighted by molar-refractivity contribution is 0.103. The van der Waals surface area contributed by atoms with E-state index in [-0.39, 0.29) is 27.3 Å². The molecule has 0 saturated heterocycles. The molecule has 0 saturated carbocycles. The van der Waals surface area contributed by atoms with Crippen LogP contribution in [0.3, 0.4) is 0 Å². The van der Waals surface area contributed by atoms with Crippen molar-refractivity contribution < 1.29 is 26.4 Å². The lowest BCUT2D eigenvalue weighted by atomic mass is 10.1. The maximum atomic E-state index is 14.0. The zero-order valence-electron chi connectivity index (χ0n) is 18.9. The van der Waals surface area contributed by atoms with Crippen molar-refractivity contribution in [2.45, 2.75) is 11.4 Å². The van der Waals surface area contributed by atoms with Crippen LogP contribution in [0.25, 0.3) is 11.0 Å². The van der Waals surface area contributed by atoms with Gasteiger partial charge in [0.25, 0.3) is 0 Å². The maximum Gasteiger partial charge on any atom is 0.240 e. The minimum Gasteiger partial charge on any atom is -0.460 e. The summed E-state index contributed by atoms with van der Waals surface area (Å²) in [4.78, 5) is 16.6. The van der Waals surface area contributed by atoms with Crippen LogP contribution in [0.5, 0.6) is 0 Å². The smallest absolute Gasteiger partial charge is 0.240 e. The van der Waals surface area contributed by atoms with Crippen LogP contribution in [-0.2, 0) is 16.6 Å². The Hall–Kier alpha value is -4.13. The highest BCUT2D eigenvalue weighted by Gasteiger charge is 2.24. The summed E-state index contributed by atoms with van der Waals surface area (Å²) in [6.07, 6.45) is 0. The number of carbonyl (C=O) groups is 1. The minimum atomic E-state index is -3.82. The molecule has 188 valence electrons. The third-order valence-corrected chi connectivity index (χ3v) is 7.78. The molecular formula is C25H18F2N4O4S2. The van der Waals surface area contributed by atoms with Crippen LogP contribution < -0.4 is 15.8 Å². The number of nitrogen functional groups attached to an aromatic ring is 1. The van der Waals surface area contributed by atoms with Crippen LogP contribution in [0, 0.1) is 11.6 Å². The van der Waals surface area contributed by atoms with E-state index >= 15 is 0 Å². The van der Waals surface area contributed by atoms with Crippen molar-refractivity contribution in [1.82, 2.24) is 9.71 Å². The van der Waals surface area contributed by atoms with Gasteiger partial charge in [-0.3, -0.25) is 4.79 Å². The van der Waals surface area contributed by atoms with E-state index in [1.54, 1.807) is 12.1 Å². The van der Waals surface area contributed by atoms with E-state index in [1.165, 1.54) is 24.3 Å². The van der Waals surface area contributed by atoms with Gasteiger partial charge in [-0.1, -0.05) is 35.6 Å². The summed E-state index contributed by atoms with van der Waals surface area (Å²) in [5.41, 5.74) is 6.23. The van der Waals surface area contributed by atoms with Gasteiger partial charge < -0.3 is 15.5 Å². The number of hydrogen-bond donors (Lipinski definition) is 3. The van der Waals surface area contributed by atoms with Gasteiger partial charge in [-0.15, -0.1) is 0 Å². The molecule has 0 aliphatic carbocycles. The minimum absolute atomic E-state index is 0.0190. The lowest BCUT2D eigenvalue weighted by Gasteiger charge is -2.07. The molecule has 2 aromatic heterocycles. The molecule has 3 aromatic carbocycles. The van der Waals surface area contributed by atoms with Crippen LogP contribution >= 0.6 is 11.3 Å². The van der Waals surface area contributed by atoms with Gasteiger partial charge in [0.15, 0.2) is 5.13 Å². The number of anilines is 3. The van der Waals surface area contributed by atoms with E-state index in [2.05, 4.69) is 15.0 Å². The number of furan rings is 1. The van der Waals surface area contributed by atoms with E-state index in [9.17, 15) is 22.0 Å². The summed E-state index contributed by atoms with van der Waals surface area (Å²) in [6.45, 7) is -0.0190. The fourth-order valence-electron chi connectivity index (χ4n) is 3.59. The Kier molecular flexibility index (Phi) is 6.46. The van der Waals surface area contributed by atoms with E-state index in [0.29, 0.717) is 17.0 Å². The highest BCUT2D eigenvalue weighted by Crippen LogP contribution is 2.31. The molecule has 0 bridgehead atoms. The molecule has 12 heteroatoms. The number of rotatable bonds is 8. The average Bonchev–Trinajstić information content (AvgIpc) is 3.45. The number of fused-ring (bicyclic) bond motifs is 1. The van der Waals surface area contributed by atoms with Crippen molar-refractivity contribution in [3.05, 3.63) is 101 Å². The van der Waals surface area contributed by atoms with E-state index < -0.39 is 33.0 Å². The summed E-state index contributed by atoms with van der Waals surface area (Å²) in [5, 5.41) is 3.97. The molecule has 0 aliphatic rings. The summed E-state index contributed by atoms with van der Waals surface area (Å²) in [5.74, 6) is -2.63. The van der Waals surface area contributed by atoms with Gasteiger partial charge in [-0.25, -0.2) is 26.9 Å². The van der Waals surface area contributed by atoms with Crippen LogP contribution in [0.4, 0.5) is 25.4 Å². The Balaban J connectivity index is 1.28. The number of nitrogens with two attached hydrogens (primary N) is 1. The predicted octanol–water partition coefficient (Wildman–Crippen LogP) is 5.20. The monoisotopic (exact) mass is 540 g/mol. The van der Waals surface area contributed by atoms with Crippen molar-refractivity contribution in [1.29, 1.82) is 0 Å². The van der Waals surface area contributed by atoms with Crippen molar-refractivity contribution in [2.24, 2.45) is 0 Å². The first-order valence-corrected chi connectivity index (χ1v) is 13.1. The van der Waals surface area contributed by atoms with Crippen LogP contribution in [-0.4, -0.2) is 19.2 Å². The lowest BCUT2D eigenvalue weighted by Crippen LogP contribution is -2.22. The van der Waals surface area contributed by atoms with E-state index in [4.69, 9.17) is 10.2 Å². The third-order valence-electron chi connectivity index (χ3n) is 5.38. The van der Waals surface area contributed by atoms with Gasteiger partial charge in [0, 0.05) is 11.1 Å². The number of sulfonamides is 1. The molecule has 0 atom stereocenters. The predicted molar refractivity (Wildman–Crippen MR) is 136 cm³/mol. The molecule has 0 fully saturated rings. The number of aromatic nitrogens is 1. The fourth-order valence-corrected chi connectivity index (χ4v) is 5.44. The molecule has 8 nitrogen and oxygen atoms in total. The van der Waals surface area contributed by atoms with Gasteiger partial charge in [0.2, 0.25) is 15.8 Å². The van der Waals surface area contributed by atoms with Crippen molar-refractivity contribution in [3.8, 4) is 0 Å². The fraction of sp³-hybridized carbons (Fsp3) is 0.0400. The number of nitrogens with zero attached hydrogens (tertiary/aromatic N) is 1. The number of benzene rings is 3. The first kappa shape index (κ1) is 24.6. The van der Waals surface area contributed by atoms with Crippen molar-refractivity contribution >= 4 is 54.7 Å². The molecule has 2 heterocycles. The van der Waals surface area contributed by atoms with Gasteiger partial charge in [0.05, 0.1) is 17.0 Å². The number of hydrogen-bond acceptors (Lipinski definition) is 8. The first-order valence-electron chi connectivity index (χ1n) is 10.8. The first-order chi connectivity index (χ1) is 17.7. The molecule has 0 radical (unpaired) electrons. The second-order valence-corrected chi connectivity index (χ2v) is 10.6. The highest BCUT2D eigenvalue weighted by molar-refractivity contribution is 7.89. The zero-order valence-corrected chi connectivity index (χ0v) is 20.5. The highest BCUT2D eigenvalue weighted by atomic mass is 32.2. The summed E-state index contributed by atoms with van der Waals surface area (Å²) < 4.78 is 61.6. The largest absolute Gasteiger partial charge is 0.460 e. The van der Waals surface area contributed by atoms with Gasteiger partial charge >= 0.3 is 0 Å². The van der Waals surface area contributed by atoms with Crippen molar-refractivity contribution in [2.75, 3.05) is 11.1 Å². The third kappa shape index (κ3) is 5.07.